The number of nitrogens with one attached hydrogen (secondary N) is 1. The van der Waals surface area contributed by atoms with Crippen LogP contribution in [0.3, 0.4) is 0 Å². The Balaban J connectivity index is 2.11. The molecule has 0 bridgehead atoms. The van der Waals surface area contributed by atoms with Gasteiger partial charge in [-0.25, -0.2) is 9.97 Å². The summed E-state index contributed by atoms with van der Waals surface area (Å²) in [6.45, 7) is 0. The van der Waals surface area contributed by atoms with Crippen molar-refractivity contribution < 1.29 is 4.92 Å². The molecule has 0 aliphatic carbocycles. The minimum absolute atomic E-state index is 0.0131. The summed E-state index contributed by atoms with van der Waals surface area (Å²) in [4.78, 5) is 18.9. The van der Waals surface area contributed by atoms with Crippen molar-refractivity contribution >= 4 is 62.9 Å². The number of nitro groups is 1. The molecule has 0 aliphatic heterocycles. The van der Waals surface area contributed by atoms with Crippen LogP contribution >= 0.6 is 34.8 Å². The van der Waals surface area contributed by atoms with Crippen molar-refractivity contribution in [3.05, 3.63) is 64.5 Å². The van der Waals surface area contributed by atoms with E-state index in [9.17, 15) is 10.1 Å². The molecule has 0 fully saturated rings. The molecule has 0 spiro atoms. The number of para-hydroxylation sites is 1. The van der Waals surface area contributed by atoms with Gasteiger partial charge in [0.15, 0.2) is 5.82 Å². The topological polar surface area (TPSA) is 81.0 Å². The van der Waals surface area contributed by atoms with Crippen LogP contribution in [0.4, 0.5) is 17.2 Å². The van der Waals surface area contributed by atoms with Gasteiger partial charge in [0, 0.05) is 23.2 Å². The zero-order valence-corrected chi connectivity index (χ0v) is 14.2. The number of aromatic nitrogens is 2. The number of hydrogen-bond donors (Lipinski definition) is 1. The normalized spacial score (nSPS) is 11.5. The highest BCUT2D eigenvalue weighted by Gasteiger charge is 2.28. The zero-order chi connectivity index (χ0) is 17.3. The maximum Gasteiger partial charge on any atom is 0.271 e. The summed E-state index contributed by atoms with van der Waals surface area (Å²) >= 11 is 17.7. The quantitative estimate of drug-likeness (QED) is 0.386. The number of non-ortho nitro benzene ring substituents is 1. The first-order valence-electron chi connectivity index (χ1n) is 6.70. The highest BCUT2D eigenvalue weighted by molar-refractivity contribution is 6.66. The van der Waals surface area contributed by atoms with Gasteiger partial charge in [0.1, 0.15) is 5.82 Å². The third-order valence-electron chi connectivity index (χ3n) is 3.18. The Hall–Kier alpha value is -2.15. The zero-order valence-electron chi connectivity index (χ0n) is 11.9. The number of halogens is 3. The molecule has 0 saturated carbocycles. The third-order valence-corrected chi connectivity index (χ3v) is 3.68. The fourth-order valence-corrected chi connectivity index (χ4v) is 2.39. The second-order valence-corrected chi connectivity index (χ2v) is 7.12. The third kappa shape index (κ3) is 3.51. The predicted molar refractivity (Wildman–Crippen MR) is 95.2 cm³/mol. The predicted octanol–water partition coefficient (Wildman–Crippen LogP) is 5.11. The first kappa shape index (κ1) is 16.7. The number of hydrogen-bond acceptors (Lipinski definition) is 5. The Kier molecular flexibility index (Phi) is 4.45. The van der Waals surface area contributed by atoms with Crippen molar-refractivity contribution in [2.75, 3.05) is 5.32 Å². The van der Waals surface area contributed by atoms with Crippen molar-refractivity contribution in [2.45, 2.75) is 3.79 Å². The Morgan fingerprint density at radius 3 is 2.50 bits per heavy atom. The second kappa shape index (κ2) is 6.39. The Morgan fingerprint density at radius 1 is 1.04 bits per heavy atom. The lowest BCUT2D eigenvalue weighted by Gasteiger charge is -2.14. The van der Waals surface area contributed by atoms with E-state index in [0.717, 1.165) is 0 Å². The van der Waals surface area contributed by atoms with E-state index in [1.54, 1.807) is 30.3 Å². The largest absolute Gasteiger partial charge is 0.339 e. The van der Waals surface area contributed by atoms with E-state index in [1.165, 1.54) is 12.1 Å². The summed E-state index contributed by atoms with van der Waals surface area (Å²) in [6, 6.07) is 13.2. The van der Waals surface area contributed by atoms with Crippen LogP contribution in [0.2, 0.25) is 0 Å². The van der Waals surface area contributed by atoms with E-state index in [1.807, 2.05) is 6.07 Å². The van der Waals surface area contributed by atoms with Gasteiger partial charge in [-0.2, -0.15) is 0 Å². The smallest absolute Gasteiger partial charge is 0.271 e. The minimum atomic E-state index is -1.79. The average Bonchev–Trinajstić information content (AvgIpc) is 2.54. The number of anilines is 2. The van der Waals surface area contributed by atoms with Crippen LogP contribution in [0, 0.1) is 10.1 Å². The number of alkyl halides is 3. The monoisotopic (exact) mass is 382 g/mol. The van der Waals surface area contributed by atoms with E-state index < -0.39 is 8.72 Å². The maximum atomic E-state index is 10.9. The number of nitro benzene ring substituents is 1. The molecule has 0 atom stereocenters. The molecule has 6 nitrogen and oxygen atoms in total. The number of fused-ring (bicyclic) bond motifs is 1. The van der Waals surface area contributed by atoms with Gasteiger partial charge >= 0.3 is 0 Å². The first-order chi connectivity index (χ1) is 11.3. The van der Waals surface area contributed by atoms with E-state index in [4.69, 9.17) is 34.8 Å². The molecule has 3 rings (SSSR count). The van der Waals surface area contributed by atoms with Gasteiger partial charge in [-0.3, -0.25) is 10.1 Å². The summed E-state index contributed by atoms with van der Waals surface area (Å²) in [5, 5.41) is 14.6. The molecule has 3 aromatic rings. The molecule has 0 radical (unpaired) electrons. The summed E-state index contributed by atoms with van der Waals surface area (Å²) in [7, 11) is 0. The van der Waals surface area contributed by atoms with Crippen LogP contribution in [0.5, 0.6) is 0 Å². The molecule has 1 N–H and O–H groups in total. The molecule has 24 heavy (non-hydrogen) atoms. The molecular weight excluding hydrogens is 375 g/mol. The first-order valence-corrected chi connectivity index (χ1v) is 7.83. The number of benzene rings is 2. The van der Waals surface area contributed by atoms with Gasteiger partial charge in [0.2, 0.25) is 3.79 Å². The van der Waals surface area contributed by atoms with Gasteiger partial charge in [0.05, 0.1) is 10.4 Å². The van der Waals surface area contributed by atoms with E-state index in [0.29, 0.717) is 22.4 Å². The number of nitrogens with zero attached hydrogens (tertiary/aromatic N) is 3. The van der Waals surface area contributed by atoms with E-state index in [-0.39, 0.29) is 11.5 Å². The highest BCUT2D eigenvalue weighted by Crippen LogP contribution is 2.38. The van der Waals surface area contributed by atoms with Crippen molar-refractivity contribution in [3.8, 4) is 0 Å². The summed E-state index contributed by atoms with van der Waals surface area (Å²) in [5.41, 5.74) is 1.03. The van der Waals surface area contributed by atoms with Gasteiger partial charge < -0.3 is 5.32 Å². The Morgan fingerprint density at radius 2 is 1.79 bits per heavy atom. The van der Waals surface area contributed by atoms with Gasteiger partial charge in [0.25, 0.3) is 5.69 Å². The van der Waals surface area contributed by atoms with Gasteiger partial charge in [-0.05, 0) is 18.2 Å². The standard InChI is InChI=1S/C15H9Cl3N4O2/c16-15(17,18)14-20-12-7-2-1-6-11(12)13(21-14)19-9-4-3-5-10(8-9)22(23)24/h1-8H,(H,19,20,21). The van der Waals surface area contributed by atoms with Crippen LogP contribution < -0.4 is 5.32 Å². The van der Waals surface area contributed by atoms with Crippen LogP contribution in [0.15, 0.2) is 48.5 Å². The lowest BCUT2D eigenvalue weighted by atomic mass is 10.2. The molecule has 122 valence electrons. The average molecular weight is 384 g/mol. The van der Waals surface area contributed by atoms with Crippen LogP contribution in [0.25, 0.3) is 10.9 Å². The molecule has 0 unspecified atom stereocenters. The minimum Gasteiger partial charge on any atom is -0.339 e. The summed E-state index contributed by atoms with van der Waals surface area (Å²) in [5.74, 6) is 0.404. The van der Waals surface area contributed by atoms with Crippen LogP contribution in [-0.4, -0.2) is 14.9 Å². The van der Waals surface area contributed by atoms with Crippen molar-refractivity contribution in [3.63, 3.8) is 0 Å². The van der Waals surface area contributed by atoms with E-state index >= 15 is 0 Å². The van der Waals surface area contributed by atoms with Gasteiger partial charge in [-0.1, -0.05) is 53.0 Å². The molecule has 0 amide bonds. The molecule has 2 aromatic carbocycles. The molecule has 9 heteroatoms. The molecule has 0 aliphatic rings. The highest BCUT2D eigenvalue weighted by atomic mass is 35.6. The maximum absolute atomic E-state index is 10.9. The van der Waals surface area contributed by atoms with Crippen LogP contribution in [-0.2, 0) is 3.79 Å². The van der Waals surface area contributed by atoms with Gasteiger partial charge in [-0.15, -0.1) is 0 Å². The Labute approximate surface area is 151 Å². The lowest BCUT2D eigenvalue weighted by molar-refractivity contribution is -0.384. The van der Waals surface area contributed by atoms with Crippen molar-refractivity contribution in [1.82, 2.24) is 9.97 Å². The summed E-state index contributed by atoms with van der Waals surface area (Å²) in [6.07, 6.45) is 0. The fraction of sp³-hybridized carbons (Fsp3) is 0.0667. The van der Waals surface area contributed by atoms with Crippen molar-refractivity contribution in [2.24, 2.45) is 0 Å². The van der Waals surface area contributed by atoms with Crippen LogP contribution in [0.1, 0.15) is 5.82 Å². The molecule has 0 saturated heterocycles. The molecular formula is C15H9Cl3N4O2. The molecule has 1 aromatic heterocycles. The number of rotatable bonds is 3. The lowest BCUT2D eigenvalue weighted by Crippen LogP contribution is -2.09. The van der Waals surface area contributed by atoms with E-state index in [2.05, 4.69) is 15.3 Å². The molecule has 1 heterocycles. The Bertz CT molecular complexity index is 928. The SMILES string of the molecule is O=[N+]([O-])c1cccc(Nc2nc(C(Cl)(Cl)Cl)nc3ccccc23)c1. The van der Waals surface area contributed by atoms with Crippen molar-refractivity contribution in [1.29, 1.82) is 0 Å². The second-order valence-electron chi connectivity index (χ2n) is 4.84. The fourth-order valence-electron chi connectivity index (χ4n) is 2.13. The summed E-state index contributed by atoms with van der Waals surface area (Å²) < 4.78 is -1.79.